The zero-order chi connectivity index (χ0) is 17.1. The molecule has 0 unspecified atom stereocenters. The van der Waals surface area contributed by atoms with Crippen molar-refractivity contribution in [3.05, 3.63) is 91.0 Å². The van der Waals surface area contributed by atoms with Gasteiger partial charge in [0.1, 0.15) is 0 Å². The Kier molecular flexibility index (Phi) is 2.82. The van der Waals surface area contributed by atoms with Crippen molar-refractivity contribution in [3.63, 3.8) is 0 Å². The Morgan fingerprint density at radius 2 is 1.27 bits per heavy atom. The molecule has 0 radical (unpaired) electrons. The normalized spacial score (nSPS) is 11.8. The standard InChI is InChI=1S/C24H15NS/c1-2-8-16(9-3-1)25-20-12-6-4-10-17(20)18-14-15-22-23(24(18)25)19-11-5-7-13-21(19)26-22/h1-15H. The largest absolute Gasteiger partial charge is 0.309 e. The summed E-state index contributed by atoms with van der Waals surface area (Å²) in [6, 6.07) is 32.7. The average Bonchev–Trinajstić information content (AvgIpc) is 3.24. The maximum absolute atomic E-state index is 2.42. The maximum Gasteiger partial charge on any atom is 0.0634 e. The van der Waals surface area contributed by atoms with E-state index in [9.17, 15) is 0 Å². The van der Waals surface area contributed by atoms with Crippen LogP contribution in [0.3, 0.4) is 0 Å². The molecule has 0 amide bonds. The van der Waals surface area contributed by atoms with Gasteiger partial charge in [-0.25, -0.2) is 0 Å². The Morgan fingerprint density at radius 1 is 0.538 bits per heavy atom. The van der Waals surface area contributed by atoms with Gasteiger partial charge in [0.05, 0.1) is 11.0 Å². The Hall–Kier alpha value is -3.10. The van der Waals surface area contributed by atoms with E-state index in [4.69, 9.17) is 0 Å². The second-order valence-electron chi connectivity index (χ2n) is 6.62. The topological polar surface area (TPSA) is 4.93 Å². The Balaban J connectivity index is 1.96. The number of hydrogen-bond acceptors (Lipinski definition) is 1. The molecule has 122 valence electrons. The molecule has 2 heterocycles. The highest BCUT2D eigenvalue weighted by Crippen LogP contribution is 2.42. The molecule has 0 spiro atoms. The molecule has 4 aromatic carbocycles. The summed E-state index contributed by atoms with van der Waals surface area (Å²) in [6.07, 6.45) is 0. The highest BCUT2D eigenvalue weighted by Gasteiger charge is 2.17. The lowest BCUT2D eigenvalue weighted by molar-refractivity contribution is 1.19. The first-order chi connectivity index (χ1) is 12.9. The first-order valence-electron chi connectivity index (χ1n) is 8.81. The first-order valence-corrected chi connectivity index (χ1v) is 9.62. The van der Waals surface area contributed by atoms with Gasteiger partial charge in [0, 0.05) is 36.6 Å². The van der Waals surface area contributed by atoms with Crippen LogP contribution in [0.1, 0.15) is 0 Å². The lowest BCUT2D eigenvalue weighted by Crippen LogP contribution is -1.93. The SMILES string of the molecule is c1ccc(-n2c3ccccc3c3ccc4sc5ccccc5c4c32)cc1. The fourth-order valence-electron chi connectivity index (χ4n) is 4.11. The van der Waals surface area contributed by atoms with Crippen LogP contribution >= 0.6 is 11.3 Å². The predicted octanol–water partition coefficient (Wildman–Crippen LogP) is 7.15. The van der Waals surface area contributed by atoms with Gasteiger partial charge in [-0.2, -0.15) is 0 Å². The third-order valence-electron chi connectivity index (χ3n) is 5.19. The lowest BCUT2D eigenvalue weighted by Gasteiger charge is -2.08. The molecule has 1 nitrogen and oxygen atoms in total. The number of benzene rings is 4. The van der Waals surface area contributed by atoms with Crippen LogP contribution in [-0.4, -0.2) is 4.57 Å². The molecule has 0 aliphatic rings. The Morgan fingerprint density at radius 3 is 2.15 bits per heavy atom. The van der Waals surface area contributed by atoms with Gasteiger partial charge in [-0.3, -0.25) is 0 Å². The van der Waals surface area contributed by atoms with Crippen molar-refractivity contribution in [2.75, 3.05) is 0 Å². The van der Waals surface area contributed by atoms with Gasteiger partial charge in [0.15, 0.2) is 0 Å². The van der Waals surface area contributed by atoms with E-state index in [1.165, 1.54) is 47.7 Å². The highest BCUT2D eigenvalue weighted by molar-refractivity contribution is 7.26. The van der Waals surface area contributed by atoms with E-state index >= 15 is 0 Å². The van der Waals surface area contributed by atoms with Crippen molar-refractivity contribution in [2.24, 2.45) is 0 Å². The van der Waals surface area contributed by atoms with Crippen LogP contribution in [-0.2, 0) is 0 Å². The van der Waals surface area contributed by atoms with Gasteiger partial charge >= 0.3 is 0 Å². The third-order valence-corrected chi connectivity index (χ3v) is 6.33. The van der Waals surface area contributed by atoms with Crippen LogP contribution in [0.5, 0.6) is 0 Å². The molecule has 0 fully saturated rings. The van der Waals surface area contributed by atoms with E-state index in [-0.39, 0.29) is 0 Å². The second-order valence-corrected chi connectivity index (χ2v) is 7.70. The summed E-state index contributed by atoms with van der Waals surface area (Å²) in [5.74, 6) is 0. The molecular weight excluding hydrogens is 334 g/mol. The molecule has 6 rings (SSSR count). The van der Waals surface area contributed by atoms with E-state index in [1.807, 2.05) is 11.3 Å². The number of thiophene rings is 1. The molecule has 0 bridgehead atoms. The molecular formula is C24H15NS. The predicted molar refractivity (Wildman–Crippen MR) is 114 cm³/mol. The number of fused-ring (bicyclic) bond motifs is 7. The van der Waals surface area contributed by atoms with Crippen molar-refractivity contribution in [1.29, 1.82) is 0 Å². The minimum Gasteiger partial charge on any atom is -0.309 e. The molecule has 0 aliphatic carbocycles. The van der Waals surface area contributed by atoms with Crippen LogP contribution in [0.25, 0.3) is 47.7 Å². The van der Waals surface area contributed by atoms with Crippen LogP contribution < -0.4 is 0 Å². The van der Waals surface area contributed by atoms with Gasteiger partial charge in [-0.1, -0.05) is 60.7 Å². The maximum atomic E-state index is 2.42. The summed E-state index contributed by atoms with van der Waals surface area (Å²) in [6.45, 7) is 0. The van der Waals surface area contributed by atoms with Gasteiger partial charge < -0.3 is 4.57 Å². The molecule has 0 atom stereocenters. The van der Waals surface area contributed by atoms with Crippen LogP contribution in [0.2, 0.25) is 0 Å². The molecule has 6 aromatic rings. The second kappa shape index (κ2) is 5.20. The number of para-hydroxylation sites is 2. The van der Waals surface area contributed by atoms with E-state index in [0.29, 0.717) is 0 Å². The van der Waals surface area contributed by atoms with Gasteiger partial charge in [0.2, 0.25) is 0 Å². The van der Waals surface area contributed by atoms with Gasteiger partial charge in [0.25, 0.3) is 0 Å². The third kappa shape index (κ3) is 1.80. The first kappa shape index (κ1) is 14.1. The fourth-order valence-corrected chi connectivity index (χ4v) is 5.22. The van der Waals surface area contributed by atoms with Crippen molar-refractivity contribution in [1.82, 2.24) is 4.57 Å². The van der Waals surface area contributed by atoms with Crippen LogP contribution in [0, 0.1) is 0 Å². The zero-order valence-electron chi connectivity index (χ0n) is 14.0. The number of aromatic nitrogens is 1. The summed E-state index contributed by atoms with van der Waals surface area (Å²) < 4.78 is 5.12. The van der Waals surface area contributed by atoms with Gasteiger partial charge in [-0.05, 0) is 30.3 Å². The molecule has 2 aromatic heterocycles. The smallest absolute Gasteiger partial charge is 0.0634 e. The highest BCUT2D eigenvalue weighted by atomic mass is 32.1. The van der Waals surface area contributed by atoms with Crippen LogP contribution in [0.4, 0.5) is 0 Å². The number of rotatable bonds is 1. The summed E-state index contributed by atoms with van der Waals surface area (Å²) in [7, 11) is 0. The van der Waals surface area contributed by atoms with E-state index in [0.717, 1.165) is 0 Å². The molecule has 0 N–H and O–H groups in total. The van der Waals surface area contributed by atoms with E-state index in [1.54, 1.807) is 0 Å². The summed E-state index contributed by atoms with van der Waals surface area (Å²) in [5, 5.41) is 5.34. The summed E-state index contributed by atoms with van der Waals surface area (Å²) >= 11 is 1.88. The molecule has 26 heavy (non-hydrogen) atoms. The zero-order valence-corrected chi connectivity index (χ0v) is 14.8. The van der Waals surface area contributed by atoms with Gasteiger partial charge in [-0.15, -0.1) is 11.3 Å². The minimum absolute atomic E-state index is 1.21. The number of nitrogens with zero attached hydrogens (tertiary/aromatic N) is 1. The quantitative estimate of drug-likeness (QED) is 0.297. The van der Waals surface area contributed by atoms with Crippen molar-refractivity contribution < 1.29 is 0 Å². The van der Waals surface area contributed by atoms with Crippen molar-refractivity contribution >= 4 is 53.3 Å². The fraction of sp³-hybridized carbons (Fsp3) is 0. The average molecular weight is 349 g/mol. The van der Waals surface area contributed by atoms with Crippen molar-refractivity contribution in [2.45, 2.75) is 0 Å². The number of hydrogen-bond donors (Lipinski definition) is 0. The molecule has 0 aliphatic heterocycles. The summed E-state index contributed by atoms with van der Waals surface area (Å²) in [5.41, 5.74) is 3.78. The van der Waals surface area contributed by atoms with E-state index < -0.39 is 0 Å². The van der Waals surface area contributed by atoms with Crippen LogP contribution in [0.15, 0.2) is 91.0 Å². The molecule has 0 saturated carbocycles. The Bertz CT molecular complexity index is 1420. The lowest BCUT2D eigenvalue weighted by atomic mass is 10.1. The molecule has 2 heteroatoms. The van der Waals surface area contributed by atoms with E-state index in [2.05, 4.69) is 95.6 Å². The monoisotopic (exact) mass is 349 g/mol. The van der Waals surface area contributed by atoms with Crippen molar-refractivity contribution in [3.8, 4) is 5.69 Å². The minimum atomic E-state index is 1.21. The molecule has 0 saturated heterocycles. The summed E-state index contributed by atoms with van der Waals surface area (Å²) in [4.78, 5) is 0. The Labute approximate surface area is 154 Å².